The SMILES string of the molecule is CCc1cccc(OCC(=O)Nc2ccc3nc(-c4cccc(OC)c4)oc3c2)c1. The van der Waals surface area contributed by atoms with Crippen molar-refractivity contribution in [3.8, 4) is 23.0 Å². The summed E-state index contributed by atoms with van der Waals surface area (Å²) in [5, 5.41) is 2.83. The number of aryl methyl sites for hydroxylation is 1. The van der Waals surface area contributed by atoms with Crippen LogP contribution in [0, 0.1) is 0 Å². The van der Waals surface area contributed by atoms with Gasteiger partial charge in [-0.25, -0.2) is 4.98 Å². The fraction of sp³-hybridized carbons (Fsp3) is 0.167. The molecule has 6 heteroatoms. The molecule has 0 fully saturated rings. The molecule has 1 N–H and O–H groups in total. The first-order chi connectivity index (χ1) is 14.6. The number of hydrogen-bond acceptors (Lipinski definition) is 5. The Morgan fingerprint density at radius 3 is 2.70 bits per heavy atom. The lowest BCUT2D eigenvalue weighted by molar-refractivity contribution is -0.118. The van der Waals surface area contributed by atoms with Crippen LogP contribution in [0.3, 0.4) is 0 Å². The summed E-state index contributed by atoms with van der Waals surface area (Å²) in [6.45, 7) is 2.00. The quantitative estimate of drug-likeness (QED) is 0.466. The zero-order valence-electron chi connectivity index (χ0n) is 16.8. The highest BCUT2D eigenvalue weighted by molar-refractivity contribution is 5.93. The highest BCUT2D eigenvalue weighted by atomic mass is 16.5. The molecule has 4 rings (SSSR count). The van der Waals surface area contributed by atoms with Crippen molar-refractivity contribution in [2.24, 2.45) is 0 Å². The maximum Gasteiger partial charge on any atom is 0.262 e. The average Bonchev–Trinajstić information content (AvgIpc) is 3.21. The first-order valence-corrected chi connectivity index (χ1v) is 9.71. The number of rotatable bonds is 7. The van der Waals surface area contributed by atoms with Gasteiger partial charge in [-0.15, -0.1) is 0 Å². The van der Waals surface area contributed by atoms with E-state index < -0.39 is 0 Å². The van der Waals surface area contributed by atoms with Gasteiger partial charge < -0.3 is 19.2 Å². The first-order valence-electron chi connectivity index (χ1n) is 9.71. The van der Waals surface area contributed by atoms with E-state index >= 15 is 0 Å². The molecule has 6 nitrogen and oxygen atoms in total. The van der Waals surface area contributed by atoms with Gasteiger partial charge in [0.05, 0.1) is 7.11 Å². The van der Waals surface area contributed by atoms with Crippen molar-refractivity contribution in [3.63, 3.8) is 0 Å². The molecule has 0 aliphatic heterocycles. The monoisotopic (exact) mass is 402 g/mol. The number of amides is 1. The van der Waals surface area contributed by atoms with E-state index in [0.717, 1.165) is 23.3 Å². The average molecular weight is 402 g/mol. The smallest absolute Gasteiger partial charge is 0.262 e. The van der Waals surface area contributed by atoms with Crippen molar-refractivity contribution in [1.29, 1.82) is 0 Å². The van der Waals surface area contributed by atoms with Gasteiger partial charge in [-0.05, 0) is 54.4 Å². The van der Waals surface area contributed by atoms with Crippen LogP contribution in [0.15, 0.2) is 71.1 Å². The topological polar surface area (TPSA) is 73.6 Å². The molecule has 30 heavy (non-hydrogen) atoms. The summed E-state index contributed by atoms with van der Waals surface area (Å²) in [5.74, 6) is 1.65. The third-order valence-electron chi connectivity index (χ3n) is 4.67. The fourth-order valence-corrected chi connectivity index (χ4v) is 3.08. The third kappa shape index (κ3) is 4.43. The van der Waals surface area contributed by atoms with Crippen molar-refractivity contribution in [2.45, 2.75) is 13.3 Å². The Morgan fingerprint density at radius 2 is 1.87 bits per heavy atom. The molecule has 0 saturated heterocycles. The maximum absolute atomic E-state index is 12.3. The van der Waals surface area contributed by atoms with E-state index in [4.69, 9.17) is 13.9 Å². The van der Waals surface area contributed by atoms with Gasteiger partial charge in [-0.1, -0.05) is 25.1 Å². The number of fused-ring (bicyclic) bond motifs is 1. The van der Waals surface area contributed by atoms with Crippen LogP contribution in [0.2, 0.25) is 0 Å². The second-order valence-corrected chi connectivity index (χ2v) is 6.77. The number of oxazole rings is 1. The molecule has 1 heterocycles. The summed E-state index contributed by atoms with van der Waals surface area (Å²) in [5.41, 5.74) is 3.89. The van der Waals surface area contributed by atoms with Crippen molar-refractivity contribution < 1.29 is 18.7 Å². The zero-order chi connectivity index (χ0) is 20.9. The lowest BCUT2D eigenvalue weighted by Gasteiger charge is -2.08. The number of nitrogens with zero attached hydrogens (tertiary/aromatic N) is 1. The van der Waals surface area contributed by atoms with Crippen LogP contribution in [-0.4, -0.2) is 24.6 Å². The van der Waals surface area contributed by atoms with Crippen LogP contribution in [0.4, 0.5) is 5.69 Å². The number of aromatic nitrogens is 1. The van der Waals surface area contributed by atoms with Crippen LogP contribution in [0.5, 0.6) is 11.5 Å². The predicted molar refractivity (Wildman–Crippen MR) is 116 cm³/mol. The summed E-state index contributed by atoms with van der Waals surface area (Å²) in [7, 11) is 1.62. The summed E-state index contributed by atoms with van der Waals surface area (Å²) in [6, 6.07) is 20.6. The van der Waals surface area contributed by atoms with E-state index in [1.807, 2.05) is 54.6 Å². The Hall–Kier alpha value is -3.80. The van der Waals surface area contributed by atoms with E-state index in [2.05, 4.69) is 17.2 Å². The highest BCUT2D eigenvalue weighted by Crippen LogP contribution is 2.28. The van der Waals surface area contributed by atoms with Crippen molar-refractivity contribution >= 4 is 22.7 Å². The minimum atomic E-state index is -0.246. The van der Waals surface area contributed by atoms with Gasteiger partial charge in [0.2, 0.25) is 5.89 Å². The van der Waals surface area contributed by atoms with Crippen LogP contribution in [0.25, 0.3) is 22.6 Å². The van der Waals surface area contributed by atoms with E-state index in [1.165, 1.54) is 0 Å². The minimum Gasteiger partial charge on any atom is -0.497 e. The normalized spacial score (nSPS) is 10.7. The van der Waals surface area contributed by atoms with Gasteiger partial charge in [-0.2, -0.15) is 0 Å². The Balaban J connectivity index is 1.44. The lowest BCUT2D eigenvalue weighted by Crippen LogP contribution is -2.20. The molecular formula is C24H22N2O4. The highest BCUT2D eigenvalue weighted by Gasteiger charge is 2.11. The third-order valence-corrected chi connectivity index (χ3v) is 4.67. The molecule has 0 unspecified atom stereocenters. The predicted octanol–water partition coefficient (Wildman–Crippen LogP) is 5.08. The van der Waals surface area contributed by atoms with Gasteiger partial charge in [0.1, 0.15) is 17.0 Å². The second-order valence-electron chi connectivity index (χ2n) is 6.77. The molecule has 152 valence electrons. The molecule has 0 saturated carbocycles. The van der Waals surface area contributed by atoms with E-state index in [1.54, 1.807) is 19.2 Å². The Morgan fingerprint density at radius 1 is 1.03 bits per heavy atom. The van der Waals surface area contributed by atoms with Crippen LogP contribution in [0.1, 0.15) is 12.5 Å². The molecule has 3 aromatic carbocycles. The number of carbonyl (C=O) groups excluding carboxylic acids is 1. The van der Waals surface area contributed by atoms with E-state index in [-0.39, 0.29) is 12.5 Å². The van der Waals surface area contributed by atoms with Crippen LogP contribution in [-0.2, 0) is 11.2 Å². The Kier molecular flexibility index (Phi) is 5.66. The first kappa shape index (κ1) is 19.5. The molecule has 0 radical (unpaired) electrons. The van der Waals surface area contributed by atoms with Crippen LogP contribution >= 0.6 is 0 Å². The number of carbonyl (C=O) groups is 1. The summed E-state index contributed by atoms with van der Waals surface area (Å²) in [4.78, 5) is 16.8. The minimum absolute atomic E-state index is 0.0727. The fourth-order valence-electron chi connectivity index (χ4n) is 3.08. The Labute approximate surface area is 174 Å². The lowest BCUT2D eigenvalue weighted by atomic mass is 10.2. The summed E-state index contributed by atoms with van der Waals surface area (Å²) in [6.07, 6.45) is 0.915. The van der Waals surface area contributed by atoms with Crippen LogP contribution < -0.4 is 14.8 Å². The molecule has 0 aliphatic carbocycles. The largest absolute Gasteiger partial charge is 0.497 e. The molecule has 1 amide bonds. The summed E-state index contributed by atoms with van der Waals surface area (Å²) >= 11 is 0. The van der Waals surface area contributed by atoms with Crippen molar-refractivity contribution in [3.05, 3.63) is 72.3 Å². The molecule has 0 atom stereocenters. The zero-order valence-corrected chi connectivity index (χ0v) is 16.8. The van der Waals surface area contributed by atoms with Gasteiger partial charge in [-0.3, -0.25) is 4.79 Å². The number of ether oxygens (including phenoxy) is 2. The number of benzene rings is 3. The molecule has 4 aromatic rings. The van der Waals surface area contributed by atoms with E-state index in [0.29, 0.717) is 28.4 Å². The summed E-state index contributed by atoms with van der Waals surface area (Å²) < 4.78 is 16.7. The van der Waals surface area contributed by atoms with Gasteiger partial charge in [0.25, 0.3) is 5.91 Å². The number of anilines is 1. The molecule has 0 bridgehead atoms. The molecule has 0 aliphatic rings. The van der Waals surface area contributed by atoms with Crippen molar-refractivity contribution in [1.82, 2.24) is 4.98 Å². The molecule has 0 spiro atoms. The van der Waals surface area contributed by atoms with Gasteiger partial charge in [0, 0.05) is 17.3 Å². The van der Waals surface area contributed by atoms with Gasteiger partial charge in [0.15, 0.2) is 12.2 Å². The van der Waals surface area contributed by atoms with E-state index in [9.17, 15) is 4.79 Å². The number of methoxy groups -OCH3 is 1. The number of hydrogen-bond donors (Lipinski definition) is 1. The molecular weight excluding hydrogens is 380 g/mol. The Bertz CT molecular complexity index is 1180. The maximum atomic E-state index is 12.3. The van der Waals surface area contributed by atoms with Gasteiger partial charge >= 0.3 is 0 Å². The standard InChI is InChI=1S/C24H22N2O4/c1-3-16-6-4-9-20(12-16)29-15-23(27)25-18-10-11-21-22(14-18)30-24(26-21)17-7-5-8-19(13-17)28-2/h4-14H,3,15H2,1-2H3,(H,25,27). The molecule has 1 aromatic heterocycles. The second kappa shape index (κ2) is 8.69. The number of nitrogens with one attached hydrogen (secondary N) is 1. The van der Waals surface area contributed by atoms with Crippen molar-refractivity contribution in [2.75, 3.05) is 19.0 Å².